The zero-order valence-electron chi connectivity index (χ0n) is 19.2. The van der Waals surface area contributed by atoms with E-state index in [0.29, 0.717) is 12.0 Å². The highest BCUT2D eigenvalue weighted by atomic mass is 32.2. The maximum atomic E-state index is 13.7. The van der Waals surface area contributed by atoms with Gasteiger partial charge in [-0.25, -0.2) is 28.3 Å². The van der Waals surface area contributed by atoms with Crippen LogP contribution in [0.25, 0.3) is 22.6 Å². The van der Waals surface area contributed by atoms with Crippen molar-refractivity contribution in [2.24, 2.45) is 0 Å². The number of hydrogen-bond donors (Lipinski definition) is 2. The van der Waals surface area contributed by atoms with Crippen molar-refractivity contribution in [1.82, 2.24) is 15.0 Å². The summed E-state index contributed by atoms with van der Waals surface area (Å²) >= 11 is 1.73. The second-order valence-corrected chi connectivity index (χ2v) is 10.3. The Balaban J connectivity index is 1.38. The second kappa shape index (κ2) is 9.41. The summed E-state index contributed by atoms with van der Waals surface area (Å²) in [5.74, 6) is 2.15. The van der Waals surface area contributed by atoms with E-state index < -0.39 is 0 Å². The van der Waals surface area contributed by atoms with Gasteiger partial charge in [0.25, 0.3) is 5.82 Å². The second-order valence-electron chi connectivity index (χ2n) is 9.17. The molecule has 0 saturated heterocycles. The highest BCUT2D eigenvalue weighted by Gasteiger charge is 2.37. The predicted octanol–water partition coefficient (Wildman–Crippen LogP) is 5.95. The summed E-state index contributed by atoms with van der Waals surface area (Å²) in [7, 11) is 0. The molecule has 1 saturated carbocycles. The summed E-state index contributed by atoms with van der Waals surface area (Å²) in [5, 5.41) is 3.45. The summed E-state index contributed by atoms with van der Waals surface area (Å²) in [4.78, 5) is 14.0. The van der Waals surface area contributed by atoms with Gasteiger partial charge in [0.1, 0.15) is 23.4 Å². The lowest BCUT2D eigenvalue weighted by Gasteiger charge is -2.26. The first-order valence-electron chi connectivity index (χ1n) is 12.0. The zero-order chi connectivity index (χ0) is 23.8. The minimum atomic E-state index is -0.260. The number of hydrogen-bond acceptors (Lipinski definition) is 4. The maximum absolute atomic E-state index is 13.7. The van der Waals surface area contributed by atoms with E-state index in [0.717, 1.165) is 64.8 Å². The average Bonchev–Trinajstić information content (AvgIpc) is 3.41. The summed E-state index contributed by atoms with van der Waals surface area (Å²) in [5.41, 5.74) is 3.68. The van der Waals surface area contributed by atoms with Crippen LogP contribution in [0.3, 0.4) is 0 Å². The van der Waals surface area contributed by atoms with E-state index in [2.05, 4.69) is 19.9 Å². The van der Waals surface area contributed by atoms with Crippen LogP contribution in [0.1, 0.15) is 37.5 Å². The minimum absolute atomic E-state index is 0.223. The van der Waals surface area contributed by atoms with Gasteiger partial charge in [0.2, 0.25) is 11.6 Å². The summed E-state index contributed by atoms with van der Waals surface area (Å²) in [6, 6.07) is 15.9. The first-order chi connectivity index (χ1) is 17.1. The Morgan fingerprint density at radius 2 is 1.71 bits per heavy atom. The van der Waals surface area contributed by atoms with Crippen molar-refractivity contribution in [3.63, 3.8) is 0 Å². The first-order valence-corrected chi connectivity index (χ1v) is 13.0. The predicted molar refractivity (Wildman–Crippen MR) is 133 cm³/mol. The third-order valence-corrected chi connectivity index (χ3v) is 8.00. The van der Waals surface area contributed by atoms with Gasteiger partial charge in [0.15, 0.2) is 5.69 Å². The van der Waals surface area contributed by atoms with E-state index in [4.69, 9.17) is 4.98 Å². The molecule has 2 N–H and O–H groups in total. The van der Waals surface area contributed by atoms with Crippen LogP contribution in [0, 0.1) is 11.6 Å². The van der Waals surface area contributed by atoms with Crippen molar-refractivity contribution in [2.75, 3.05) is 11.1 Å². The van der Waals surface area contributed by atoms with Crippen LogP contribution in [0.2, 0.25) is 0 Å². The molecule has 1 aliphatic carbocycles. The summed E-state index contributed by atoms with van der Waals surface area (Å²) < 4.78 is 29.4. The fourth-order valence-corrected chi connectivity index (χ4v) is 5.82. The third-order valence-electron chi connectivity index (χ3n) is 6.84. The molecule has 4 aromatic rings. The largest absolute Gasteiger partial charge is 0.351 e. The molecule has 1 fully saturated rings. The van der Waals surface area contributed by atoms with Crippen molar-refractivity contribution < 1.29 is 13.3 Å². The highest BCUT2D eigenvalue weighted by molar-refractivity contribution is 7.99. The number of rotatable bonds is 7. The van der Waals surface area contributed by atoms with Crippen molar-refractivity contribution in [2.45, 2.75) is 49.1 Å². The fourth-order valence-electron chi connectivity index (χ4n) is 4.79. The van der Waals surface area contributed by atoms with E-state index in [1.165, 1.54) is 30.7 Å². The zero-order valence-corrected chi connectivity index (χ0v) is 20.0. The van der Waals surface area contributed by atoms with Crippen LogP contribution in [-0.2, 0) is 6.42 Å². The van der Waals surface area contributed by atoms with E-state index >= 15 is 0 Å². The molecule has 1 aliphatic heterocycles. The third kappa shape index (κ3) is 4.55. The van der Waals surface area contributed by atoms with Crippen LogP contribution in [0.15, 0.2) is 65.7 Å². The van der Waals surface area contributed by atoms with Crippen molar-refractivity contribution >= 4 is 17.7 Å². The van der Waals surface area contributed by atoms with E-state index in [-0.39, 0.29) is 17.7 Å². The van der Waals surface area contributed by atoms with Gasteiger partial charge in [-0.3, -0.25) is 0 Å². The number of halogens is 2. The van der Waals surface area contributed by atoms with Crippen molar-refractivity contribution in [3.05, 3.63) is 78.3 Å². The van der Waals surface area contributed by atoms with Gasteiger partial charge in [0.05, 0.1) is 6.42 Å². The van der Waals surface area contributed by atoms with Gasteiger partial charge < -0.3 is 5.32 Å². The van der Waals surface area contributed by atoms with Gasteiger partial charge in [-0.05, 0) is 73.9 Å². The molecule has 35 heavy (non-hydrogen) atoms. The molecule has 5 nitrogen and oxygen atoms in total. The quantitative estimate of drug-likeness (QED) is 0.248. The highest BCUT2D eigenvalue weighted by Crippen LogP contribution is 2.35. The van der Waals surface area contributed by atoms with Crippen LogP contribution in [-0.4, -0.2) is 26.7 Å². The number of nitrogens with one attached hydrogen (secondary N) is 2. The molecule has 3 heterocycles. The minimum Gasteiger partial charge on any atom is -0.351 e. The van der Waals surface area contributed by atoms with Crippen molar-refractivity contribution in [3.8, 4) is 22.6 Å². The Bertz CT molecular complexity index is 1330. The Morgan fingerprint density at radius 1 is 0.971 bits per heavy atom. The molecule has 0 bridgehead atoms. The van der Waals surface area contributed by atoms with Crippen molar-refractivity contribution in [1.29, 1.82) is 0 Å². The molecular formula is C27H26F2N5S+. The smallest absolute Gasteiger partial charge is 0.255 e. The molecule has 178 valence electrons. The number of anilines is 1. The number of aryl methyl sites for hydroxylation is 1. The molecule has 0 spiro atoms. The lowest BCUT2D eigenvalue weighted by molar-refractivity contribution is -0.700. The molecule has 0 radical (unpaired) electrons. The van der Waals surface area contributed by atoms with Gasteiger partial charge in [-0.15, -0.1) is 11.8 Å². The number of aromatic nitrogens is 4. The van der Waals surface area contributed by atoms with Gasteiger partial charge >= 0.3 is 0 Å². The van der Waals surface area contributed by atoms with Gasteiger partial charge in [0, 0.05) is 34.9 Å². The Labute approximate surface area is 207 Å². The number of imidazole rings is 1. The molecular weight excluding hydrogens is 464 g/mol. The number of fused-ring (bicyclic) bond motifs is 1. The number of H-pyrrole nitrogens is 1. The van der Waals surface area contributed by atoms with E-state index in [1.54, 1.807) is 30.1 Å². The normalized spacial score (nSPS) is 17.3. The lowest BCUT2D eigenvalue weighted by Crippen LogP contribution is -2.40. The lowest BCUT2D eigenvalue weighted by atomic mass is 9.93. The molecule has 6 rings (SSSR count). The Morgan fingerprint density at radius 3 is 2.43 bits per heavy atom. The number of benzene rings is 2. The number of thioether (sulfide) groups is 1. The molecule has 1 unspecified atom stereocenters. The fraction of sp³-hybridized carbons (Fsp3) is 0.296. The van der Waals surface area contributed by atoms with Crippen LogP contribution >= 0.6 is 11.8 Å². The number of aromatic amines is 1. The molecule has 2 aliphatic rings. The topological polar surface area (TPSA) is 57.5 Å². The standard InChI is InChI=1S/C27H25F2N5S/c28-18-6-4-17(5-7-18)25-26(23-14-15-30-27(32-23)31-20-2-1-3-20)34-21(10-13-24(34)33-25)16-35-22-11-8-19(29)9-12-22/h4-9,11-12,14-15,20-21H,1-3,10,13,16H2,(H,30,31,32)/p+1. The first kappa shape index (κ1) is 22.2. The molecule has 1 atom stereocenters. The summed E-state index contributed by atoms with van der Waals surface area (Å²) in [6.45, 7) is 0. The maximum Gasteiger partial charge on any atom is 0.255 e. The summed E-state index contributed by atoms with van der Waals surface area (Å²) in [6.07, 6.45) is 7.25. The Hall–Kier alpha value is -3.26. The number of nitrogens with zero attached hydrogens (tertiary/aromatic N) is 3. The molecule has 0 amide bonds. The average molecular weight is 491 g/mol. The van der Waals surface area contributed by atoms with E-state index in [9.17, 15) is 8.78 Å². The molecule has 2 aromatic heterocycles. The van der Waals surface area contributed by atoms with Crippen LogP contribution < -0.4 is 9.88 Å². The SMILES string of the molecule is Fc1ccc(SCC2CCc3[nH]c(-c4ccc(F)cc4)c(-c4ccnc(NC5CCC5)n4)[n+]32)cc1. The monoisotopic (exact) mass is 490 g/mol. The van der Waals surface area contributed by atoms with Crippen LogP contribution in [0.5, 0.6) is 0 Å². The van der Waals surface area contributed by atoms with Crippen LogP contribution in [0.4, 0.5) is 14.7 Å². The molecule has 8 heteroatoms. The Kier molecular flexibility index (Phi) is 5.98. The van der Waals surface area contributed by atoms with E-state index in [1.807, 2.05) is 18.2 Å². The van der Waals surface area contributed by atoms with Gasteiger partial charge in [-0.1, -0.05) is 0 Å². The molecule has 2 aromatic carbocycles. The van der Waals surface area contributed by atoms with Gasteiger partial charge in [-0.2, -0.15) is 0 Å².